The minimum Gasteiger partial charge on any atom is -0.399 e. The van der Waals surface area contributed by atoms with Crippen LogP contribution in [0.15, 0.2) is 24.3 Å². The van der Waals surface area contributed by atoms with Crippen LogP contribution in [0.25, 0.3) is 0 Å². The van der Waals surface area contributed by atoms with Gasteiger partial charge in [-0.3, -0.25) is 4.90 Å². The third-order valence-electron chi connectivity index (χ3n) is 2.84. The maximum absolute atomic E-state index is 5.78. The summed E-state index contributed by atoms with van der Waals surface area (Å²) in [6, 6.07) is 8.80. The van der Waals surface area contributed by atoms with Crippen LogP contribution in [-0.4, -0.2) is 30.0 Å². The summed E-state index contributed by atoms with van der Waals surface area (Å²) in [5.41, 5.74) is 7.92. The molecular weight excluding hydrogens is 216 g/mol. The zero-order valence-electron chi connectivity index (χ0n) is 10.4. The van der Waals surface area contributed by atoms with E-state index in [1.807, 2.05) is 23.9 Å². The smallest absolute Gasteiger partial charge is 0.0317 e. The van der Waals surface area contributed by atoms with Crippen molar-refractivity contribution in [3.05, 3.63) is 29.8 Å². The van der Waals surface area contributed by atoms with Crippen molar-refractivity contribution in [3.8, 4) is 0 Å². The van der Waals surface area contributed by atoms with Gasteiger partial charge in [0.2, 0.25) is 0 Å². The average molecular weight is 238 g/mol. The summed E-state index contributed by atoms with van der Waals surface area (Å²) in [6.45, 7) is 3.22. The lowest BCUT2D eigenvalue weighted by atomic mass is 10.1. The third-order valence-corrected chi connectivity index (χ3v) is 3.55. The summed E-state index contributed by atoms with van der Waals surface area (Å²) in [5.74, 6) is 1.19. The van der Waals surface area contributed by atoms with Gasteiger partial charge in [-0.2, -0.15) is 11.8 Å². The van der Waals surface area contributed by atoms with Crippen molar-refractivity contribution in [3.63, 3.8) is 0 Å². The fourth-order valence-corrected chi connectivity index (χ4v) is 2.73. The second-order valence-corrected chi connectivity index (χ2v) is 5.09. The van der Waals surface area contributed by atoms with Crippen LogP contribution >= 0.6 is 11.8 Å². The molecule has 0 heterocycles. The highest BCUT2D eigenvalue weighted by Crippen LogP contribution is 2.14. The molecule has 1 aromatic rings. The molecule has 0 saturated heterocycles. The molecule has 90 valence electrons. The second-order valence-electron chi connectivity index (χ2n) is 4.18. The molecule has 3 heteroatoms. The molecule has 0 fully saturated rings. The van der Waals surface area contributed by atoms with Gasteiger partial charge in [-0.25, -0.2) is 0 Å². The lowest BCUT2D eigenvalue weighted by Gasteiger charge is -2.26. The zero-order valence-corrected chi connectivity index (χ0v) is 11.3. The van der Waals surface area contributed by atoms with Gasteiger partial charge in [0, 0.05) is 24.0 Å². The molecule has 0 radical (unpaired) electrons. The van der Waals surface area contributed by atoms with Crippen molar-refractivity contribution >= 4 is 17.4 Å². The lowest BCUT2D eigenvalue weighted by Crippen LogP contribution is -2.32. The molecule has 0 aliphatic carbocycles. The number of hydrogen-bond donors (Lipinski definition) is 1. The van der Waals surface area contributed by atoms with E-state index in [4.69, 9.17) is 5.73 Å². The molecule has 16 heavy (non-hydrogen) atoms. The standard InChI is InChI=1S/C13H22N2S/c1-4-13(10-16-3)15(2)9-11-6-5-7-12(14)8-11/h5-8,13H,4,9-10,14H2,1-3H3. The van der Waals surface area contributed by atoms with Crippen molar-refractivity contribution in [2.45, 2.75) is 25.9 Å². The minimum atomic E-state index is 0.649. The Kier molecular flexibility index (Phi) is 5.71. The quantitative estimate of drug-likeness (QED) is 0.773. The van der Waals surface area contributed by atoms with Gasteiger partial charge in [0.25, 0.3) is 0 Å². The van der Waals surface area contributed by atoms with Gasteiger partial charge < -0.3 is 5.73 Å². The van der Waals surface area contributed by atoms with Gasteiger partial charge in [0.05, 0.1) is 0 Å². The van der Waals surface area contributed by atoms with Crippen LogP contribution in [0, 0.1) is 0 Å². The molecule has 0 spiro atoms. The van der Waals surface area contributed by atoms with E-state index in [1.165, 1.54) is 17.7 Å². The Morgan fingerprint density at radius 1 is 1.44 bits per heavy atom. The summed E-state index contributed by atoms with van der Waals surface area (Å²) in [7, 11) is 2.19. The molecule has 1 atom stereocenters. The fourth-order valence-electron chi connectivity index (χ4n) is 1.86. The number of nitrogens with two attached hydrogens (primary N) is 1. The first-order valence-electron chi connectivity index (χ1n) is 5.71. The predicted octanol–water partition coefficient (Wildman–Crippen LogP) is 2.84. The lowest BCUT2D eigenvalue weighted by molar-refractivity contribution is 0.248. The van der Waals surface area contributed by atoms with Crippen LogP contribution in [-0.2, 0) is 6.54 Å². The van der Waals surface area contributed by atoms with Gasteiger partial charge >= 0.3 is 0 Å². The van der Waals surface area contributed by atoms with E-state index in [0.717, 1.165) is 12.2 Å². The fraction of sp³-hybridized carbons (Fsp3) is 0.538. The molecule has 0 aliphatic rings. The number of rotatable bonds is 6. The Labute approximate surface area is 103 Å². The second kappa shape index (κ2) is 6.81. The monoisotopic (exact) mass is 238 g/mol. The van der Waals surface area contributed by atoms with E-state index in [0.29, 0.717) is 6.04 Å². The first kappa shape index (κ1) is 13.4. The topological polar surface area (TPSA) is 29.3 Å². The van der Waals surface area contributed by atoms with Gasteiger partial charge in [-0.05, 0) is 37.4 Å². The molecule has 0 aliphatic heterocycles. The van der Waals surface area contributed by atoms with Crippen LogP contribution in [0.4, 0.5) is 5.69 Å². The molecule has 2 nitrogen and oxygen atoms in total. The molecule has 1 aromatic carbocycles. The maximum atomic E-state index is 5.78. The number of nitrogens with zero attached hydrogens (tertiary/aromatic N) is 1. The van der Waals surface area contributed by atoms with Crippen LogP contribution in [0.2, 0.25) is 0 Å². The van der Waals surface area contributed by atoms with E-state index in [-0.39, 0.29) is 0 Å². The predicted molar refractivity (Wildman–Crippen MR) is 74.8 cm³/mol. The van der Waals surface area contributed by atoms with E-state index < -0.39 is 0 Å². The summed E-state index contributed by atoms with van der Waals surface area (Å²) < 4.78 is 0. The number of anilines is 1. The number of hydrogen-bond acceptors (Lipinski definition) is 3. The average Bonchev–Trinajstić information content (AvgIpc) is 2.25. The highest BCUT2D eigenvalue weighted by Gasteiger charge is 2.12. The first-order chi connectivity index (χ1) is 7.67. The number of nitrogen functional groups attached to an aromatic ring is 1. The molecule has 0 aromatic heterocycles. The molecule has 1 rings (SSSR count). The van der Waals surface area contributed by atoms with Crippen molar-refractivity contribution in [1.82, 2.24) is 4.90 Å². The largest absolute Gasteiger partial charge is 0.399 e. The Balaban J connectivity index is 2.58. The van der Waals surface area contributed by atoms with Gasteiger partial charge in [-0.1, -0.05) is 19.1 Å². The summed E-state index contributed by atoms with van der Waals surface area (Å²) in [6.07, 6.45) is 3.36. The van der Waals surface area contributed by atoms with Crippen LogP contribution in [0.1, 0.15) is 18.9 Å². The first-order valence-corrected chi connectivity index (χ1v) is 7.10. The minimum absolute atomic E-state index is 0.649. The van der Waals surface area contributed by atoms with E-state index >= 15 is 0 Å². The van der Waals surface area contributed by atoms with Crippen LogP contribution in [0.3, 0.4) is 0 Å². The summed E-state index contributed by atoms with van der Waals surface area (Å²) in [4.78, 5) is 2.41. The molecule has 0 amide bonds. The summed E-state index contributed by atoms with van der Waals surface area (Å²) in [5, 5.41) is 0. The zero-order chi connectivity index (χ0) is 12.0. The molecule has 0 saturated carbocycles. The Bertz CT molecular complexity index is 315. The third kappa shape index (κ3) is 4.06. The number of thioether (sulfide) groups is 1. The van der Waals surface area contributed by atoms with Crippen molar-refractivity contribution in [2.75, 3.05) is 24.8 Å². The van der Waals surface area contributed by atoms with Gasteiger partial charge in [0.15, 0.2) is 0 Å². The Morgan fingerprint density at radius 3 is 2.75 bits per heavy atom. The van der Waals surface area contributed by atoms with E-state index in [9.17, 15) is 0 Å². The normalized spacial score (nSPS) is 13.0. The van der Waals surface area contributed by atoms with Crippen LogP contribution in [0.5, 0.6) is 0 Å². The van der Waals surface area contributed by atoms with Crippen LogP contribution < -0.4 is 5.73 Å². The maximum Gasteiger partial charge on any atom is 0.0317 e. The van der Waals surface area contributed by atoms with E-state index in [1.54, 1.807) is 0 Å². The number of benzene rings is 1. The summed E-state index contributed by atoms with van der Waals surface area (Å²) >= 11 is 1.91. The van der Waals surface area contributed by atoms with Gasteiger partial charge in [-0.15, -0.1) is 0 Å². The molecule has 2 N–H and O–H groups in total. The molecular formula is C13H22N2S. The molecule has 1 unspecified atom stereocenters. The SMILES string of the molecule is CCC(CSC)N(C)Cc1cccc(N)c1. The van der Waals surface area contributed by atoms with Crippen molar-refractivity contribution < 1.29 is 0 Å². The Hall–Kier alpha value is -0.670. The van der Waals surface area contributed by atoms with E-state index in [2.05, 4.69) is 37.3 Å². The van der Waals surface area contributed by atoms with Gasteiger partial charge in [0.1, 0.15) is 0 Å². The highest BCUT2D eigenvalue weighted by molar-refractivity contribution is 7.98. The van der Waals surface area contributed by atoms with Crippen molar-refractivity contribution in [1.29, 1.82) is 0 Å². The Morgan fingerprint density at radius 2 is 2.19 bits per heavy atom. The highest BCUT2D eigenvalue weighted by atomic mass is 32.2. The molecule has 0 bridgehead atoms. The van der Waals surface area contributed by atoms with Crippen molar-refractivity contribution in [2.24, 2.45) is 0 Å².